The lowest BCUT2D eigenvalue weighted by molar-refractivity contribution is 0.0963. The van der Waals surface area contributed by atoms with Crippen LogP contribution in [0.3, 0.4) is 0 Å². The van der Waals surface area contributed by atoms with Gasteiger partial charge in [-0.05, 0) is 43.0 Å². The van der Waals surface area contributed by atoms with Crippen molar-refractivity contribution in [3.63, 3.8) is 0 Å². The van der Waals surface area contributed by atoms with Gasteiger partial charge < -0.3 is 16.0 Å². The van der Waals surface area contributed by atoms with E-state index in [4.69, 9.17) is 0 Å². The summed E-state index contributed by atoms with van der Waals surface area (Å²) in [5, 5.41) is 9.36. The summed E-state index contributed by atoms with van der Waals surface area (Å²) in [6, 6.07) is 18.4. The molecular weight excluding hydrogens is 451 g/mol. The van der Waals surface area contributed by atoms with Crippen LogP contribution in [0.5, 0.6) is 0 Å². The summed E-state index contributed by atoms with van der Waals surface area (Å²) in [5.41, 5.74) is 3.03. The highest BCUT2D eigenvalue weighted by Gasteiger charge is 2.07. The molecule has 0 spiro atoms. The molecule has 0 heterocycles. The van der Waals surface area contributed by atoms with E-state index >= 15 is 0 Å². The highest BCUT2D eigenvalue weighted by Crippen LogP contribution is 2.06. The number of carbonyl (C=O) groups is 1. The fraction of sp³-hybridized carbons (Fsp3) is 0.333. The van der Waals surface area contributed by atoms with Crippen LogP contribution in [-0.4, -0.2) is 32.0 Å². The Morgan fingerprint density at radius 3 is 2.44 bits per heavy atom. The zero-order valence-corrected chi connectivity index (χ0v) is 18.5. The first kappa shape index (κ1) is 23.0. The highest BCUT2D eigenvalue weighted by molar-refractivity contribution is 14.0. The SMILES string of the molecule is CN=C(NCc1cccc(C(=O)NC)c1)NC(C)CCc1ccccc1.I. The van der Waals surface area contributed by atoms with E-state index in [2.05, 4.69) is 52.1 Å². The first-order valence-corrected chi connectivity index (χ1v) is 8.94. The molecule has 0 aliphatic rings. The number of nitrogens with one attached hydrogen (secondary N) is 3. The predicted octanol–water partition coefficient (Wildman–Crippen LogP) is 3.35. The third-order valence-electron chi connectivity index (χ3n) is 4.19. The van der Waals surface area contributed by atoms with Gasteiger partial charge in [-0.25, -0.2) is 0 Å². The molecule has 0 aliphatic heterocycles. The lowest BCUT2D eigenvalue weighted by Gasteiger charge is -2.18. The lowest BCUT2D eigenvalue weighted by atomic mass is 10.1. The lowest BCUT2D eigenvalue weighted by Crippen LogP contribution is -2.42. The Balaban J connectivity index is 0.00000364. The molecule has 27 heavy (non-hydrogen) atoms. The second kappa shape index (κ2) is 12.3. The van der Waals surface area contributed by atoms with Crippen LogP contribution in [0.25, 0.3) is 0 Å². The first-order chi connectivity index (χ1) is 12.6. The van der Waals surface area contributed by atoms with E-state index in [9.17, 15) is 4.79 Å². The molecule has 0 bridgehead atoms. The quantitative estimate of drug-likeness (QED) is 0.324. The number of nitrogens with zero attached hydrogens (tertiary/aromatic N) is 1. The smallest absolute Gasteiger partial charge is 0.251 e. The van der Waals surface area contributed by atoms with E-state index in [0.29, 0.717) is 18.2 Å². The Morgan fingerprint density at radius 1 is 1.07 bits per heavy atom. The molecule has 2 aromatic carbocycles. The predicted molar refractivity (Wildman–Crippen MR) is 123 cm³/mol. The minimum atomic E-state index is -0.0797. The number of hydrogen-bond acceptors (Lipinski definition) is 2. The number of halogens is 1. The minimum Gasteiger partial charge on any atom is -0.355 e. The Morgan fingerprint density at radius 2 is 1.78 bits per heavy atom. The summed E-state index contributed by atoms with van der Waals surface area (Å²) in [4.78, 5) is 16.0. The van der Waals surface area contributed by atoms with E-state index in [1.54, 1.807) is 20.2 Å². The maximum absolute atomic E-state index is 11.7. The van der Waals surface area contributed by atoms with Gasteiger partial charge in [0.2, 0.25) is 0 Å². The number of hydrogen-bond donors (Lipinski definition) is 3. The van der Waals surface area contributed by atoms with Gasteiger partial charge in [0.1, 0.15) is 0 Å². The molecule has 0 aliphatic carbocycles. The van der Waals surface area contributed by atoms with Crippen LogP contribution >= 0.6 is 24.0 Å². The van der Waals surface area contributed by atoms with Crippen LogP contribution in [0, 0.1) is 0 Å². The molecule has 146 valence electrons. The van der Waals surface area contributed by atoms with E-state index in [-0.39, 0.29) is 29.9 Å². The van der Waals surface area contributed by atoms with Crippen molar-refractivity contribution in [3.05, 3.63) is 71.3 Å². The van der Waals surface area contributed by atoms with Gasteiger partial charge >= 0.3 is 0 Å². The second-order valence-electron chi connectivity index (χ2n) is 6.27. The number of carbonyl (C=O) groups excluding carboxylic acids is 1. The molecule has 1 atom stereocenters. The second-order valence-corrected chi connectivity index (χ2v) is 6.27. The van der Waals surface area contributed by atoms with E-state index < -0.39 is 0 Å². The van der Waals surface area contributed by atoms with Crippen molar-refractivity contribution in [1.82, 2.24) is 16.0 Å². The third kappa shape index (κ3) is 7.99. The van der Waals surface area contributed by atoms with Crippen LogP contribution < -0.4 is 16.0 Å². The van der Waals surface area contributed by atoms with Gasteiger partial charge in [0, 0.05) is 32.2 Å². The van der Waals surface area contributed by atoms with Crippen molar-refractivity contribution in [1.29, 1.82) is 0 Å². The molecule has 3 N–H and O–H groups in total. The van der Waals surface area contributed by atoms with Crippen LogP contribution in [0.15, 0.2) is 59.6 Å². The summed E-state index contributed by atoms with van der Waals surface area (Å²) < 4.78 is 0. The summed E-state index contributed by atoms with van der Waals surface area (Å²) >= 11 is 0. The minimum absolute atomic E-state index is 0. The number of amides is 1. The molecule has 0 radical (unpaired) electrons. The van der Waals surface area contributed by atoms with E-state index in [0.717, 1.165) is 24.4 Å². The maximum atomic E-state index is 11.7. The summed E-state index contributed by atoms with van der Waals surface area (Å²) in [6.45, 7) is 2.76. The van der Waals surface area contributed by atoms with Gasteiger partial charge in [0.25, 0.3) is 5.91 Å². The molecule has 2 aromatic rings. The molecule has 0 fully saturated rings. The van der Waals surface area contributed by atoms with Crippen molar-refractivity contribution >= 4 is 35.8 Å². The third-order valence-corrected chi connectivity index (χ3v) is 4.19. The molecule has 1 unspecified atom stereocenters. The highest BCUT2D eigenvalue weighted by atomic mass is 127. The fourth-order valence-electron chi connectivity index (χ4n) is 2.68. The van der Waals surface area contributed by atoms with Crippen molar-refractivity contribution in [2.45, 2.75) is 32.4 Å². The van der Waals surface area contributed by atoms with Gasteiger partial charge in [-0.2, -0.15) is 0 Å². The Bertz CT molecular complexity index is 734. The Kier molecular flexibility index (Phi) is 10.5. The Hall–Kier alpha value is -2.09. The Labute approximate surface area is 179 Å². The van der Waals surface area contributed by atoms with E-state index in [1.165, 1.54) is 5.56 Å². The number of benzene rings is 2. The molecule has 0 saturated carbocycles. The standard InChI is InChI=1S/C21H28N4O.HI/c1-16(12-13-17-8-5-4-6-9-17)25-21(23-3)24-15-18-10-7-11-19(14-18)20(26)22-2;/h4-11,14,16H,12-13,15H2,1-3H3,(H,22,26)(H2,23,24,25);1H. The van der Waals surface area contributed by atoms with Gasteiger partial charge in [0.05, 0.1) is 0 Å². The summed E-state index contributed by atoms with van der Waals surface area (Å²) in [5.74, 6) is 0.680. The number of aliphatic imine (C=N–C) groups is 1. The van der Waals surface area contributed by atoms with Gasteiger partial charge in [-0.15, -0.1) is 24.0 Å². The fourth-order valence-corrected chi connectivity index (χ4v) is 2.68. The average Bonchev–Trinajstić information content (AvgIpc) is 2.69. The molecular formula is C21H29IN4O. The normalized spacial score (nSPS) is 11.9. The molecule has 6 heteroatoms. The van der Waals surface area contributed by atoms with Gasteiger partial charge in [-0.1, -0.05) is 42.5 Å². The van der Waals surface area contributed by atoms with Crippen LogP contribution in [0.4, 0.5) is 0 Å². The van der Waals surface area contributed by atoms with Crippen molar-refractivity contribution in [3.8, 4) is 0 Å². The monoisotopic (exact) mass is 480 g/mol. The number of aryl methyl sites for hydroxylation is 1. The molecule has 2 rings (SSSR count). The molecule has 0 saturated heterocycles. The zero-order valence-electron chi connectivity index (χ0n) is 16.2. The van der Waals surface area contributed by atoms with Crippen molar-refractivity contribution in [2.24, 2.45) is 4.99 Å². The molecule has 0 aromatic heterocycles. The van der Waals surface area contributed by atoms with Gasteiger partial charge in [0.15, 0.2) is 5.96 Å². The summed E-state index contributed by atoms with van der Waals surface area (Å²) in [6.07, 6.45) is 2.05. The maximum Gasteiger partial charge on any atom is 0.251 e. The number of rotatable bonds is 7. The largest absolute Gasteiger partial charge is 0.355 e. The molecule has 1 amide bonds. The van der Waals surface area contributed by atoms with E-state index in [1.807, 2.05) is 24.3 Å². The van der Waals surface area contributed by atoms with Crippen molar-refractivity contribution in [2.75, 3.05) is 14.1 Å². The van der Waals surface area contributed by atoms with Crippen molar-refractivity contribution < 1.29 is 4.79 Å². The topological polar surface area (TPSA) is 65.5 Å². The van der Waals surface area contributed by atoms with Crippen LogP contribution in [0.1, 0.15) is 34.8 Å². The molecule has 5 nitrogen and oxygen atoms in total. The summed E-state index contributed by atoms with van der Waals surface area (Å²) in [7, 11) is 3.40. The van der Waals surface area contributed by atoms with Crippen LogP contribution in [-0.2, 0) is 13.0 Å². The van der Waals surface area contributed by atoms with Crippen LogP contribution in [0.2, 0.25) is 0 Å². The van der Waals surface area contributed by atoms with Gasteiger partial charge in [-0.3, -0.25) is 9.79 Å². The zero-order chi connectivity index (χ0) is 18.8. The number of guanidine groups is 1. The first-order valence-electron chi connectivity index (χ1n) is 8.94. The average molecular weight is 480 g/mol.